The number of hydrogen-bond acceptors (Lipinski definition) is 7. The Hall–Kier alpha value is -3.50. The molecule has 37 heavy (non-hydrogen) atoms. The van der Waals surface area contributed by atoms with E-state index in [2.05, 4.69) is 20.9 Å². The maximum absolute atomic E-state index is 13.9. The molecule has 2 aliphatic rings. The maximum Gasteiger partial charge on any atom is 0.317 e. The number of aliphatic hydroxyl groups is 2. The smallest absolute Gasteiger partial charge is 0.317 e. The van der Waals surface area contributed by atoms with Gasteiger partial charge >= 0.3 is 6.03 Å². The molecule has 1 atom stereocenters. The zero-order chi connectivity index (χ0) is 25.9. The van der Waals surface area contributed by atoms with Crippen LogP contribution in [0.1, 0.15) is 32.6 Å². The van der Waals surface area contributed by atoms with E-state index in [0.29, 0.717) is 24.9 Å². The molecule has 5 rings (SSSR count). The van der Waals surface area contributed by atoms with Crippen molar-refractivity contribution in [3.05, 3.63) is 48.3 Å². The van der Waals surface area contributed by atoms with Gasteiger partial charge < -0.3 is 31.1 Å². The van der Waals surface area contributed by atoms with E-state index in [1.165, 1.54) is 12.1 Å². The monoisotopic (exact) mass is 508 g/mol. The van der Waals surface area contributed by atoms with Gasteiger partial charge in [-0.25, -0.2) is 14.2 Å². The number of anilines is 2. The largest absolute Gasteiger partial charge is 0.394 e. The summed E-state index contributed by atoms with van der Waals surface area (Å²) in [6.07, 6.45) is 2.99. The minimum Gasteiger partial charge on any atom is -0.394 e. The summed E-state index contributed by atoms with van der Waals surface area (Å²) in [7, 11) is 0. The van der Waals surface area contributed by atoms with Gasteiger partial charge in [-0.15, -0.1) is 0 Å². The number of rotatable bonds is 7. The number of carbonyl (C=O) groups excluding carboxylic acids is 1. The summed E-state index contributed by atoms with van der Waals surface area (Å²) in [5, 5.41) is 29.5. The number of amides is 2. The first-order valence-electron chi connectivity index (χ1n) is 12.8. The number of aromatic nitrogens is 2. The van der Waals surface area contributed by atoms with E-state index in [9.17, 15) is 19.4 Å². The van der Waals surface area contributed by atoms with Crippen molar-refractivity contribution in [1.29, 1.82) is 0 Å². The predicted molar refractivity (Wildman–Crippen MR) is 141 cm³/mol. The van der Waals surface area contributed by atoms with Gasteiger partial charge in [-0.1, -0.05) is 18.2 Å². The van der Waals surface area contributed by atoms with E-state index in [1.807, 2.05) is 31.2 Å². The third kappa shape index (κ3) is 5.91. The fraction of sp³-hybridized carbons (Fsp3) is 0.444. The van der Waals surface area contributed by atoms with E-state index in [-0.39, 0.29) is 36.6 Å². The van der Waals surface area contributed by atoms with E-state index >= 15 is 0 Å². The average Bonchev–Trinajstić information content (AvgIpc) is 2.87. The van der Waals surface area contributed by atoms with Crippen LogP contribution < -0.4 is 16.0 Å². The van der Waals surface area contributed by atoms with Crippen molar-refractivity contribution in [1.82, 2.24) is 20.2 Å². The van der Waals surface area contributed by atoms with Crippen molar-refractivity contribution in [2.45, 2.75) is 56.8 Å². The maximum atomic E-state index is 13.9. The lowest BCUT2D eigenvalue weighted by Crippen LogP contribution is -2.58. The third-order valence-electron chi connectivity index (χ3n) is 7.05. The molecule has 2 heterocycles. The summed E-state index contributed by atoms with van der Waals surface area (Å²) < 4.78 is 13.9. The van der Waals surface area contributed by atoms with Gasteiger partial charge in [0.15, 0.2) is 0 Å². The Morgan fingerprint density at radius 1 is 1.08 bits per heavy atom. The summed E-state index contributed by atoms with van der Waals surface area (Å²) >= 11 is 0. The first-order chi connectivity index (χ1) is 17.9. The Bertz CT molecular complexity index is 1260. The molecule has 2 amide bonds. The molecule has 1 aromatic heterocycles. The molecule has 1 saturated heterocycles. The molecule has 1 aliphatic heterocycles. The number of β-amino-alcohol motifs (C(OH)–C–C–N with tert-alkyl or cyclic N) is 1. The topological polar surface area (TPSA) is 123 Å². The van der Waals surface area contributed by atoms with Gasteiger partial charge in [-0.05, 0) is 68.0 Å². The Kier molecular flexibility index (Phi) is 7.38. The van der Waals surface area contributed by atoms with Crippen LogP contribution in [0.4, 0.5) is 21.0 Å². The predicted octanol–water partition coefficient (Wildman–Crippen LogP) is 3.34. The second-order valence-electron chi connectivity index (χ2n) is 10.1. The summed E-state index contributed by atoms with van der Waals surface area (Å²) in [6.45, 7) is 2.59. The van der Waals surface area contributed by atoms with Gasteiger partial charge in [-0.3, -0.25) is 0 Å². The number of fused-ring (bicyclic) bond motifs is 1. The molecule has 2 aromatic carbocycles. The third-order valence-corrected chi connectivity index (χ3v) is 7.05. The van der Waals surface area contributed by atoms with Gasteiger partial charge in [-0.2, -0.15) is 4.98 Å². The molecule has 3 aromatic rings. The first-order valence-corrected chi connectivity index (χ1v) is 12.8. The average molecular weight is 509 g/mol. The summed E-state index contributed by atoms with van der Waals surface area (Å²) in [4.78, 5) is 23.3. The van der Waals surface area contributed by atoms with Crippen molar-refractivity contribution in [2.75, 3.05) is 30.3 Å². The number of carbonyl (C=O) groups is 1. The lowest BCUT2D eigenvalue weighted by atomic mass is 9.91. The minimum absolute atomic E-state index is 0.0468. The van der Waals surface area contributed by atoms with Crippen LogP contribution in [0.15, 0.2) is 42.5 Å². The van der Waals surface area contributed by atoms with E-state index in [0.717, 1.165) is 47.7 Å². The standard InChI is InChI=1S/C27H33FN6O3/c1-16(15-35)29-26-32-24-10-5-18(17-3-2-4-19(28)11-17)12-23(24)25(33-26)30-20-6-8-21(9-7-20)31-27(37)34-13-22(36)14-34/h2-5,10-12,16,20-22,35-36H,6-9,13-15H2,1H3,(H,31,37)(H2,29,30,32,33)/t16-,20?,21?/m1/s1. The Balaban J connectivity index is 1.34. The Morgan fingerprint density at radius 3 is 2.51 bits per heavy atom. The molecule has 0 spiro atoms. The zero-order valence-corrected chi connectivity index (χ0v) is 20.8. The van der Waals surface area contributed by atoms with Crippen LogP contribution in [0.3, 0.4) is 0 Å². The Morgan fingerprint density at radius 2 is 1.81 bits per heavy atom. The molecule has 10 heteroatoms. The molecule has 5 N–H and O–H groups in total. The molecule has 9 nitrogen and oxygen atoms in total. The number of benzene rings is 2. The van der Waals surface area contributed by atoms with Crippen LogP contribution in [-0.4, -0.2) is 75.0 Å². The number of urea groups is 1. The molecule has 0 unspecified atom stereocenters. The second-order valence-corrected chi connectivity index (χ2v) is 10.1. The minimum atomic E-state index is -0.408. The van der Waals surface area contributed by atoms with Crippen LogP contribution >= 0.6 is 0 Å². The van der Waals surface area contributed by atoms with Crippen LogP contribution in [0.5, 0.6) is 0 Å². The van der Waals surface area contributed by atoms with Crippen molar-refractivity contribution in [3.8, 4) is 11.1 Å². The van der Waals surface area contributed by atoms with Gasteiger partial charge in [0.2, 0.25) is 5.95 Å². The highest BCUT2D eigenvalue weighted by Crippen LogP contribution is 2.31. The number of halogens is 1. The first kappa shape index (κ1) is 25.2. The number of nitrogens with one attached hydrogen (secondary N) is 3. The van der Waals surface area contributed by atoms with E-state index in [4.69, 9.17) is 4.98 Å². The van der Waals surface area contributed by atoms with Crippen LogP contribution in [0, 0.1) is 5.82 Å². The second kappa shape index (κ2) is 10.9. The van der Waals surface area contributed by atoms with Gasteiger partial charge in [0, 0.05) is 23.5 Å². The fourth-order valence-corrected chi connectivity index (χ4v) is 4.88. The number of likely N-dealkylation sites (tertiary alicyclic amines) is 1. The number of hydrogen-bond donors (Lipinski definition) is 5. The number of aliphatic hydroxyl groups excluding tert-OH is 2. The molecule has 2 fully saturated rings. The van der Waals surface area contributed by atoms with Gasteiger partial charge in [0.25, 0.3) is 0 Å². The normalized spacial score (nSPS) is 20.8. The van der Waals surface area contributed by atoms with Gasteiger partial charge in [0.1, 0.15) is 11.6 Å². The van der Waals surface area contributed by atoms with Crippen LogP contribution in [0.25, 0.3) is 22.0 Å². The van der Waals surface area contributed by atoms with Crippen LogP contribution in [-0.2, 0) is 0 Å². The summed E-state index contributed by atoms with van der Waals surface area (Å²) in [5.74, 6) is 0.810. The molecular weight excluding hydrogens is 475 g/mol. The fourth-order valence-electron chi connectivity index (χ4n) is 4.88. The highest BCUT2D eigenvalue weighted by Gasteiger charge is 2.31. The molecule has 1 saturated carbocycles. The van der Waals surface area contributed by atoms with Crippen molar-refractivity contribution in [2.24, 2.45) is 0 Å². The molecule has 0 bridgehead atoms. The molecule has 196 valence electrons. The van der Waals surface area contributed by atoms with Gasteiger partial charge in [0.05, 0.1) is 31.3 Å². The zero-order valence-electron chi connectivity index (χ0n) is 20.8. The SMILES string of the molecule is C[C@H](CO)Nc1nc(NC2CCC(NC(=O)N3CC(O)C3)CC2)c2cc(-c3cccc(F)c3)ccc2n1. The lowest BCUT2D eigenvalue weighted by Gasteiger charge is -2.38. The van der Waals surface area contributed by atoms with Crippen molar-refractivity contribution < 1.29 is 19.4 Å². The van der Waals surface area contributed by atoms with E-state index < -0.39 is 6.10 Å². The quantitative estimate of drug-likeness (QED) is 0.332. The highest BCUT2D eigenvalue weighted by molar-refractivity contribution is 5.93. The molecule has 1 aliphatic carbocycles. The molecular formula is C27H33FN6O3. The van der Waals surface area contributed by atoms with E-state index in [1.54, 1.807) is 11.0 Å². The highest BCUT2D eigenvalue weighted by atomic mass is 19.1. The lowest BCUT2D eigenvalue weighted by molar-refractivity contribution is 0.0253. The van der Waals surface area contributed by atoms with Crippen molar-refractivity contribution in [3.63, 3.8) is 0 Å². The number of nitrogens with zero attached hydrogens (tertiary/aromatic N) is 3. The summed E-state index contributed by atoms with van der Waals surface area (Å²) in [6, 6.07) is 12.2. The molecule has 0 radical (unpaired) electrons. The van der Waals surface area contributed by atoms with Crippen molar-refractivity contribution >= 4 is 28.7 Å². The van der Waals surface area contributed by atoms with Crippen LogP contribution in [0.2, 0.25) is 0 Å². The Labute approximate surface area is 215 Å². The summed E-state index contributed by atoms with van der Waals surface area (Å²) in [5.41, 5.74) is 2.38.